The highest BCUT2D eigenvalue weighted by atomic mass is 16.5. The van der Waals surface area contributed by atoms with E-state index in [9.17, 15) is 14.4 Å². The molecule has 3 amide bonds. The van der Waals surface area contributed by atoms with Crippen LogP contribution in [-0.4, -0.2) is 71.0 Å². The lowest BCUT2D eigenvalue weighted by Gasteiger charge is -2.39. The molecule has 3 heterocycles. The number of amides is 3. The molecule has 0 saturated carbocycles. The van der Waals surface area contributed by atoms with Crippen molar-refractivity contribution in [2.45, 2.75) is 39.9 Å². The first-order chi connectivity index (χ1) is 14.2. The van der Waals surface area contributed by atoms with Crippen molar-refractivity contribution in [1.82, 2.24) is 14.7 Å². The maximum absolute atomic E-state index is 13.2. The molecule has 0 bridgehead atoms. The third-order valence-electron chi connectivity index (χ3n) is 5.59. The van der Waals surface area contributed by atoms with E-state index in [0.717, 1.165) is 27.4 Å². The van der Waals surface area contributed by atoms with E-state index >= 15 is 0 Å². The zero-order valence-electron chi connectivity index (χ0n) is 17.7. The molecule has 1 fully saturated rings. The lowest BCUT2D eigenvalue weighted by Crippen LogP contribution is -2.65. The number of carbonyl (C=O) groups is 3. The van der Waals surface area contributed by atoms with E-state index in [1.807, 2.05) is 44.0 Å². The minimum absolute atomic E-state index is 0.184. The predicted molar refractivity (Wildman–Crippen MR) is 111 cm³/mol. The third-order valence-corrected chi connectivity index (χ3v) is 5.59. The number of esters is 1. The van der Waals surface area contributed by atoms with E-state index in [-0.39, 0.29) is 6.61 Å². The van der Waals surface area contributed by atoms with Crippen LogP contribution in [-0.2, 0) is 14.3 Å². The van der Waals surface area contributed by atoms with Gasteiger partial charge in [-0.15, -0.1) is 0 Å². The molecule has 0 aliphatic carbocycles. The molecule has 4 rings (SSSR count). The van der Waals surface area contributed by atoms with Crippen LogP contribution in [0.1, 0.15) is 25.0 Å². The zero-order chi connectivity index (χ0) is 21.7. The monoisotopic (exact) mass is 411 g/mol. The van der Waals surface area contributed by atoms with Crippen LogP contribution in [0.15, 0.2) is 35.1 Å². The van der Waals surface area contributed by atoms with Gasteiger partial charge in [0.15, 0.2) is 12.2 Å². The Bertz CT molecular complexity index is 1000. The number of hydrogen-bond acceptors (Lipinski definition) is 7. The number of aryl methyl sites for hydroxylation is 2. The Hall–Kier alpha value is -3.36. The Balaban J connectivity index is 1.69. The van der Waals surface area contributed by atoms with Gasteiger partial charge in [-0.1, -0.05) is 12.1 Å². The molecule has 1 aromatic carbocycles. The molecule has 30 heavy (non-hydrogen) atoms. The van der Waals surface area contributed by atoms with Gasteiger partial charge in [0.05, 0.1) is 12.3 Å². The molecule has 1 saturated heterocycles. The molecule has 0 radical (unpaired) electrons. The van der Waals surface area contributed by atoms with Gasteiger partial charge < -0.3 is 14.5 Å². The minimum atomic E-state index is -0.720. The number of fused-ring (bicyclic) bond motifs is 3. The molecule has 2 unspecified atom stereocenters. The number of aliphatic imine (C=N–C) groups is 1. The number of urea groups is 1. The summed E-state index contributed by atoms with van der Waals surface area (Å²) in [6.45, 7) is 7.45. The second-order valence-electron chi connectivity index (χ2n) is 7.71. The largest absolute Gasteiger partial charge is 0.465 e. The van der Waals surface area contributed by atoms with Crippen LogP contribution in [0.2, 0.25) is 0 Å². The number of carbonyl (C=O) groups excluding carboxylic acids is 3. The molecule has 2 atom stereocenters. The molecule has 0 spiro atoms. The van der Waals surface area contributed by atoms with E-state index < -0.39 is 36.7 Å². The van der Waals surface area contributed by atoms with Crippen molar-refractivity contribution in [3.05, 3.63) is 41.2 Å². The Morgan fingerprint density at radius 2 is 1.93 bits per heavy atom. The summed E-state index contributed by atoms with van der Waals surface area (Å²) in [5, 5.41) is 0. The van der Waals surface area contributed by atoms with Gasteiger partial charge in [0.1, 0.15) is 6.54 Å². The number of benzene rings is 1. The highest BCUT2D eigenvalue weighted by molar-refractivity contribution is 6.10. The van der Waals surface area contributed by atoms with E-state index in [0.29, 0.717) is 5.96 Å². The third kappa shape index (κ3) is 2.92. The Labute approximate surface area is 175 Å². The number of hydrogen-bond donors (Lipinski definition) is 0. The predicted octanol–water partition coefficient (Wildman–Crippen LogP) is 1.81. The molecule has 3 aliphatic rings. The summed E-state index contributed by atoms with van der Waals surface area (Å²) in [7, 11) is 1.59. The molecule has 9 heteroatoms. The average Bonchev–Trinajstić information content (AvgIpc) is 3.20. The average molecular weight is 411 g/mol. The van der Waals surface area contributed by atoms with E-state index in [2.05, 4.69) is 6.07 Å². The van der Waals surface area contributed by atoms with Gasteiger partial charge in [-0.25, -0.2) is 9.79 Å². The molecule has 0 aromatic heterocycles. The molecule has 0 N–H and O–H groups in total. The van der Waals surface area contributed by atoms with Crippen molar-refractivity contribution in [2.24, 2.45) is 4.99 Å². The summed E-state index contributed by atoms with van der Waals surface area (Å²) in [5.41, 5.74) is 4.09. The number of likely N-dealkylation sites (N-methyl/N-ethyl adjacent to an activating group) is 1. The first-order valence-electron chi connectivity index (χ1n) is 9.90. The standard InChI is InChI=1S/C21H25N5O4/c1-6-30-16(27)11-25-19(28)17-18(23(5)21(25)29)22-20-24(17)10-14(4)26(20)15-9-12(2)7-8-13(15)3/h7-10,17-18H,6,11H2,1-5H3. The highest BCUT2D eigenvalue weighted by Crippen LogP contribution is 2.37. The summed E-state index contributed by atoms with van der Waals surface area (Å²) in [6.07, 6.45) is 1.21. The van der Waals surface area contributed by atoms with E-state index in [4.69, 9.17) is 9.73 Å². The first-order valence-corrected chi connectivity index (χ1v) is 9.90. The van der Waals surface area contributed by atoms with Crippen molar-refractivity contribution in [2.75, 3.05) is 25.1 Å². The SMILES string of the molecule is CCOC(=O)CN1C(=O)C2C(N=C3N(c4cc(C)ccc4C)C(C)=CN32)N(C)C1=O. The molecule has 3 aliphatic heterocycles. The summed E-state index contributed by atoms with van der Waals surface area (Å²) in [6, 6.07) is 4.89. The number of nitrogens with zero attached hydrogens (tertiary/aromatic N) is 5. The van der Waals surface area contributed by atoms with Crippen molar-refractivity contribution in [3.8, 4) is 0 Å². The number of allylic oxidation sites excluding steroid dienone is 1. The summed E-state index contributed by atoms with van der Waals surface area (Å²) in [4.78, 5) is 48.8. The van der Waals surface area contributed by atoms with Crippen molar-refractivity contribution < 1.29 is 19.1 Å². The van der Waals surface area contributed by atoms with Gasteiger partial charge in [0.25, 0.3) is 5.91 Å². The number of rotatable bonds is 4. The fraction of sp³-hybridized carbons (Fsp3) is 0.429. The fourth-order valence-electron chi connectivity index (χ4n) is 4.09. The Morgan fingerprint density at radius 1 is 1.20 bits per heavy atom. The second-order valence-corrected chi connectivity index (χ2v) is 7.71. The Morgan fingerprint density at radius 3 is 2.63 bits per heavy atom. The van der Waals surface area contributed by atoms with Crippen LogP contribution in [0.4, 0.5) is 10.5 Å². The summed E-state index contributed by atoms with van der Waals surface area (Å²) in [5.74, 6) is -0.473. The number of imide groups is 1. The maximum Gasteiger partial charge on any atom is 0.328 e. The molecular formula is C21H25N5O4. The van der Waals surface area contributed by atoms with Gasteiger partial charge in [-0.05, 0) is 44.9 Å². The van der Waals surface area contributed by atoms with Crippen LogP contribution < -0.4 is 4.90 Å². The van der Waals surface area contributed by atoms with Gasteiger partial charge in [-0.2, -0.15) is 0 Å². The van der Waals surface area contributed by atoms with Gasteiger partial charge >= 0.3 is 12.0 Å². The Kier molecular flexibility index (Phi) is 4.76. The van der Waals surface area contributed by atoms with Crippen molar-refractivity contribution in [1.29, 1.82) is 0 Å². The molecule has 9 nitrogen and oxygen atoms in total. The smallest absolute Gasteiger partial charge is 0.328 e. The molecular weight excluding hydrogens is 386 g/mol. The molecule has 1 aromatic rings. The highest BCUT2D eigenvalue weighted by Gasteiger charge is 2.54. The summed E-state index contributed by atoms with van der Waals surface area (Å²) < 4.78 is 4.92. The van der Waals surface area contributed by atoms with Crippen LogP contribution >= 0.6 is 0 Å². The maximum atomic E-state index is 13.2. The van der Waals surface area contributed by atoms with Crippen LogP contribution in [0.5, 0.6) is 0 Å². The van der Waals surface area contributed by atoms with Crippen molar-refractivity contribution >= 4 is 29.6 Å². The molecule has 158 valence electrons. The van der Waals surface area contributed by atoms with Crippen LogP contribution in [0.3, 0.4) is 0 Å². The van der Waals surface area contributed by atoms with Gasteiger partial charge in [0.2, 0.25) is 5.96 Å². The van der Waals surface area contributed by atoms with Crippen molar-refractivity contribution in [3.63, 3.8) is 0 Å². The number of guanidine groups is 1. The topological polar surface area (TPSA) is 85.8 Å². The lowest BCUT2D eigenvalue weighted by molar-refractivity contribution is -0.150. The van der Waals surface area contributed by atoms with E-state index in [1.165, 1.54) is 4.90 Å². The quantitative estimate of drug-likeness (QED) is 0.703. The zero-order valence-corrected chi connectivity index (χ0v) is 17.7. The van der Waals surface area contributed by atoms with Crippen LogP contribution in [0, 0.1) is 13.8 Å². The van der Waals surface area contributed by atoms with E-state index in [1.54, 1.807) is 18.9 Å². The van der Waals surface area contributed by atoms with Crippen LogP contribution in [0.25, 0.3) is 0 Å². The van der Waals surface area contributed by atoms with Gasteiger partial charge in [-0.3, -0.25) is 19.4 Å². The first kappa shape index (κ1) is 19.9. The second kappa shape index (κ2) is 7.16. The lowest BCUT2D eigenvalue weighted by atomic mass is 10.1. The van der Waals surface area contributed by atoms with Gasteiger partial charge in [0, 0.05) is 18.9 Å². The number of ether oxygens (including phenoxy) is 1. The minimum Gasteiger partial charge on any atom is -0.465 e. The number of anilines is 1. The summed E-state index contributed by atoms with van der Waals surface area (Å²) >= 11 is 0. The fourth-order valence-corrected chi connectivity index (χ4v) is 4.09. The normalized spacial score (nSPS) is 22.8.